The van der Waals surface area contributed by atoms with Crippen molar-refractivity contribution in [1.29, 1.82) is 0 Å². The van der Waals surface area contributed by atoms with Crippen LogP contribution in [0, 0.1) is 0 Å². The Morgan fingerprint density at radius 1 is 1.10 bits per heavy atom. The Kier molecular flexibility index (Phi) is 4.89. The van der Waals surface area contributed by atoms with Gasteiger partial charge >= 0.3 is 5.97 Å². The minimum Gasteiger partial charge on any atom is -0.450 e. The third-order valence-electron chi connectivity index (χ3n) is 2.40. The first-order chi connectivity index (χ1) is 10.1. The van der Waals surface area contributed by atoms with Gasteiger partial charge in [-0.2, -0.15) is 0 Å². The molecule has 0 radical (unpaired) electrons. The number of hydrogen-bond donors (Lipinski definition) is 1. The molecule has 1 N–H and O–H groups in total. The van der Waals surface area contributed by atoms with Crippen LogP contribution in [0.15, 0.2) is 51.6 Å². The summed E-state index contributed by atoms with van der Waals surface area (Å²) in [7, 11) is 0. The van der Waals surface area contributed by atoms with Crippen molar-refractivity contribution < 1.29 is 23.5 Å². The van der Waals surface area contributed by atoms with Crippen molar-refractivity contribution in [2.75, 3.05) is 6.61 Å². The first kappa shape index (κ1) is 15.0. The molecule has 0 saturated heterocycles. The van der Waals surface area contributed by atoms with Gasteiger partial charge in [0.05, 0.1) is 0 Å². The summed E-state index contributed by atoms with van der Waals surface area (Å²) in [6, 6.07) is 11.2. The van der Waals surface area contributed by atoms with Crippen LogP contribution in [0.4, 0.5) is 0 Å². The molecular formula is C14H10BrNO5. The predicted octanol–water partition coefficient (Wildman–Crippen LogP) is 2.16. The van der Waals surface area contributed by atoms with E-state index < -0.39 is 24.4 Å². The molecule has 6 nitrogen and oxygen atoms in total. The van der Waals surface area contributed by atoms with E-state index in [0.717, 1.165) is 0 Å². The molecule has 0 unspecified atom stereocenters. The molecule has 7 heteroatoms. The van der Waals surface area contributed by atoms with Gasteiger partial charge in [0.2, 0.25) is 5.76 Å². The summed E-state index contributed by atoms with van der Waals surface area (Å²) in [6.07, 6.45) is 0. The van der Waals surface area contributed by atoms with E-state index in [1.54, 1.807) is 30.3 Å². The zero-order chi connectivity index (χ0) is 15.2. The van der Waals surface area contributed by atoms with Crippen LogP contribution in [0.25, 0.3) is 0 Å². The highest BCUT2D eigenvalue weighted by atomic mass is 79.9. The SMILES string of the molecule is O=C(COC(=O)c1ccc(Br)o1)NC(=O)c1ccccc1. The molecule has 0 atom stereocenters. The van der Waals surface area contributed by atoms with Gasteiger partial charge in [0, 0.05) is 5.56 Å². The number of halogens is 1. The summed E-state index contributed by atoms with van der Waals surface area (Å²) in [5.74, 6) is -2.10. The summed E-state index contributed by atoms with van der Waals surface area (Å²) in [5, 5.41) is 2.11. The number of ether oxygens (including phenoxy) is 1. The highest BCUT2D eigenvalue weighted by Crippen LogP contribution is 2.14. The van der Waals surface area contributed by atoms with Gasteiger partial charge < -0.3 is 9.15 Å². The van der Waals surface area contributed by atoms with Crippen molar-refractivity contribution in [2.45, 2.75) is 0 Å². The second kappa shape index (κ2) is 6.85. The molecule has 0 aliphatic heterocycles. The van der Waals surface area contributed by atoms with E-state index in [2.05, 4.69) is 21.2 Å². The Labute approximate surface area is 128 Å². The minimum absolute atomic E-state index is 0.0379. The van der Waals surface area contributed by atoms with Crippen molar-refractivity contribution in [3.05, 3.63) is 58.5 Å². The number of furan rings is 1. The average molecular weight is 352 g/mol. The third kappa shape index (κ3) is 4.28. The quantitative estimate of drug-likeness (QED) is 0.853. The molecule has 0 aliphatic rings. The van der Waals surface area contributed by atoms with Gasteiger partial charge in [-0.25, -0.2) is 4.79 Å². The highest BCUT2D eigenvalue weighted by Gasteiger charge is 2.15. The summed E-state index contributed by atoms with van der Waals surface area (Å²) in [5.41, 5.74) is 0.340. The fourth-order valence-corrected chi connectivity index (χ4v) is 1.76. The van der Waals surface area contributed by atoms with E-state index in [0.29, 0.717) is 10.2 Å². The summed E-state index contributed by atoms with van der Waals surface area (Å²) in [6.45, 7) is -0.574. The van der Waals surface area contributed by atoms with E-state index >= 15 is 0 Å². The van der Waals surface area contributed by atoms with Crippen molar-refractivity contribution in [1.82, 2.24) is 5.32 Å². The van der Waals surface area contributed by atoms with E-state index in [9.17, 15) is 14.4 Å². The Morgan fingerprint density at radius 3 is 2.43 bits per heavy atom. The van der Waals surface area contributed by atoms with Gasteiger partial charge in [0.15, 0.2) is 11.3 Å². The van der Waals surface area contributed by atoms with E-state index in [1.807, 2.05) is 0 Å². The van der Waals surface area contributed by atoms with Gasteiger partial charge in [-0.1, -0.05) is 18.2 Å². The second-order valence-electron chi connectivity index (χ2n) is 3.92. The zero-order valence-electron chi connectivity index (χ0n) is 10.7. The van der Waals surface area contributed by atoms with E-state index in [-0.39, 0.29) is 5.76 Å². The molecule has 0 fully saturated rings. The predicted molar refractivity (Wildman–Crippen MR) is 75.6 cm³/mol. The van der Waals surface area contributed by atoms with Crippen LogP contribution in [0.3, 0.4) is 0 Å². The molecule has 1 heterocycles. The molecular weight excluding hydrogens is 342 g/mol. The first-order valence-electron chi connectivity index (χ1n) is 5.88. The molecule has 0 bridgehead atoms. The fraction of sp³-hybridized carbons (Fsp3) is 0.0714. The lowest BCUT2D eigenvalue weighted by Crippen LogP contribution is -2.34. The van der Waals surface area contributed by atoms with Crippen molar-refractivity contribution >= 4 is 33.7 Å². The molecule has 2 amide bonds. The topological polar surface area (TPSA) is 85.6 Å². The van der Waals surface area contributed by atoms with Crippen LogP contribution in [-0.2, 0) is 9.53 Å². The number of carbonyl (C=O) groups is 3. The molecule has 0 saturated carbocycles. The molecule has 0 spiro atoms. The van der Waals surface area contributed by atoms with E-state index in [1.165, 1.54) is 12.1 Å². The normalized spacial score (nSPS) is 9.95. The van der Waals surface area contributed by atoms with Gasteiger partial charge in [0.1, 0.15) is 0 Å². The van der Waals surface area contributed by atoms with Crippen LogP contribution in [0.2, 0.25) is 0 Å². The highest BCUT2D eigenvalue weighted by molar-refractivity contribution is 9.10. The van der Waals surface area contributed by atoms with Crippen molar-refractivity contribution in [2.24, 2.45) is 0 Å². The number of imide groups is 1. The van der Waals surface area contributed by atoms with Crippen molar-refractivity contribution in [3.63, 3.8) is 0 Å². The lowest BCUT2D eigenvalue weighted by molar-refractivity contribution is -0.123. The molecule has 1 aromatic heterocycles. The zero-order valence-corrected chi connectivity index (χ0v) is 12.3. The first-order valence-corrected chi connectivity index (χ1v) is 6.67. The minimum atomic E-state index is -0.789. The molecule has 108 valence electrons. The Hall–Kier alpha value is -2.41. The Morgan fingerprint density at radius 2 is 1.81 bits per heavy atom. The largest absolute Gasteiger partial charge is 0.450 e. The second-order valence-corrected chi connectivity index (χ2v) is 4.70. The number of nitrogens with one attached hydrogen (secondary N) is 1. The van der Waals surface area contributed by atoms with Gasteiger partial charge in [-0.3, -0.25) is 14.9 Å². The number of carbonyl (C=O) groups excluding carboxylic acids is 3. The monoisotopic (exact) mass is 351 g/mol. The smallest absolute Gasteiger partial charge is 0.374 e. The molecule has 0 aliphatic carbocycles. The lowest BCUT2D eigenvalue weighted by Gasteiger charge is -2.04. The standard InChI is InChI=1S/C14H10BrNO5/c15-11-7-6-10(21-11)14(19)20-8-12(17)16-13(18)9-4-2-1-3-5-9/h1-7H,8H2,(H,16,17,18). The van der Waals surface area contributed by atoms with Gasteiger partial charge in [-0.15, -0.1) is 0 Å². The van der Waals surface area contributed by atoms with E-state index in [4.69, 9.17) is 9.15 Å². The van der Waals surface area contributed by atoms with Crippen LogP contribution in [0.5, 0.6) is 0 Å². The summed E-state index contributed by atoms with van der Waals surface area (Å²) in [4.78, 5) is 34.7. The number of hydrogen-bond acceptors (Lipinski definition) is 5. The Balaban J connectivity index is 1.82. The third-order valence-corrected chi connectivity index (χ3v) is 2.82. The Bertz CT molecular complexity index is 665. The number of benzene rings is 1. The summed E-state index contributed by atoms with van der Waals surface area (Å²) < 4.78 is 10.1. The average Bonchev–Trinajstić information content (AvgIpc) is 2.92. The maximum absolute atomic E-state index is 11.7. The molecule has 2 aromatic rings. The van der Waals surface area contributed by atoms with Crippen LogP contribution in [-0.4, -0.2) is 24.4 Å². The summed E-state index contributed by atoms with van der Waals surface area (Å²) >= 11 is 3.04. The lowest BCUT2D eigenvalue weighted by atomic mass is 10.2. The molecule has 21 heavy (non-hydrogen) atoms. The maximum atomic E-state index is 11.7. The van der Waals surface area contributed by atoms with Crippen LogP contribution < -0.4 is 5.32 Å². The van der Waals surface area contributed by atoms with Crippen LogP contribution in [0.1, 0.15) is 20.9 Å². The maximum Gasteiger partial charge on any atom is 0.374 e. The van der Waals surface area contributed by atoms with Crippen molar-refractivity contribution in [3.8, 4) is 0 Å². The number of amides is 2. The molecule has 1 aromatic carbocycles. The van der Waals surface area contributed by atoms with Crippen LogP contribution >= 0.6 is 15.9 Å². The van der Waals surface area contributed by atoms with Gasteiger partial charge in [-0.05, 0) is 40.2 Å². The fourth-order valence-electron chi connectivity index (χ4n) is 1.45. The molecule has 2 rings (SSSR count). The number of esters is 1. The number of rotatable bonds is 4. The van der Waals surface area contributed by atoms with Gasteiger partial charge in [0.25, 0.3) is 11.8 Å².